The van der Waals surface area contributed by atoms with Crippen LogP contribution in [0.2, 0.25) is 0 Å². The molecule has 84 valence electrons. The van der Waals surface area contributed by atoms with Crippen LogP contribution in [0.25, 0.3) is 0 Å². The fourth-order valence-corrected chi connectivity index (χ4v) is 2.66. The topological polar surface area (TPSA) is 25.2 Å². The van der Waals surface area contributed by atoms with E-state index in [1.807, 2.05) is 11.8 Å². The van der Waals surface area contributed by atoms with Crippen LogP contribution in [0, 0.1) is 0 Å². The number of aliphatic hydroxyl groups is 1. The van der Waals surface area contributed by atoms with Crippen molar-refractivity contribution in [1.82, 2.24) is 4.57 Å². The molecule has 1 heterocycles. The first-order valence-corrected chi connectivity index (χ1v) is 7.06. The lowest BCUT2D eigenvalue weighted by Gasteiger charge is -2.16. The Labute approximate surface area is 95.7 Å². The summed E-state index contributed by atoms with van der Waals surface area (Å²) in [7, 11) is 0. The summed E-state index contributed by atoms with van der Waals surface area (Å²) < 4.78 is 2.25. The molecule has 0 radical (unpaired) electrons. The lowest BCUT2D eigenvalue weighted by molar-refractivity contribution is 0.157. The average molecular weight is 225 g/mol. The predicted octanol–water partition coefficient (Wildman–Crippen LogP) is 2.61. The van der Waals surface area contributed by atoms with Crippen molar-refractivity contribution in [3.63, 3.8) is 0 Å². The Bertz CT molecular complexity index is 321. The summed E-state index contributed by atoms with van der Waals surface area (Å²) in [6, 6.07) is 0. The van der Waals surface area contributed by atoms with Gasteiger partial charge in [-0.25, -0.2) is 0 Å². The number of thioether (sulfide) groups is 1. The molecule has 0 spiro atoms. The van der Waals surface area contributed by atoms with Gasteiger partial charge in [-0.1, -0.05) is 0 Å². The largest absolute Gasteiger partial charge is 0.388 e. The summed E-state index contributed by atoms with van der Waals surface area (Å²) >= 11 is 1.89. The monoisotopic (exact) mass is 225 g/mol. The highest BCUT2D eigenvalue weighted by atomic mass is 32.2. The molecule has 0 aliphatic heterocycles. The predicted molar refractivity (Wildman–Crippen MR) is 65.3 cm³/mol. The van der Waals surface area contributed by atoms with Crippen LogP contribution in [0.4, 0.5) is 0 Å². The van der Waals surface area contributed by atoms with Gasteiger partial charge in [-0.15, -0.1) is 0 Å². The second-order valence-electron chi connectivity index (χ2n) is 4.23. The molecule has 0 fully saturated rings. The molecular weight excluding hydrogens is 206 g/mol. The molecule has 0 amide bonds. The fourth-order valence-electron chi connectivity index (χ4n) is 2.24. The number of fused-ring (bicyclic) bond motifs is 1. The third kappa shape index (κ3) is 2.58. The average Bonchev–Trinajstić information content (AvgIpc) is 2.63. The zero-order valence-corrected chi connectivity index (χ0v) is 10.1. The van der Waals surface area contributed by atoms with Gasteiger partial charge < -0.3 is 9.67 Å². The standard InChI is InChI=1S/C12H19NOS/c1-15-7-3-6-13-8-10-4-2-5-12(14)11(10)9-13/h8-9,12,14H,2-7H2,1H3. The number of rotatable bonds is 4. The van der Waals surface area contributed by atoms with Crippen molar-refractivity contribution >= 4 is 11.8 Å². The van der Waals surface area contributed by atoms with Crippen molar-refractivity contribution in [2.75, 3.05) is 12.0 Å². The van der Waals surface area contributed by atoms with E-state index in [1.54, 1.807) is 0 Å². The fraction of sp³-hybridized carbons (Fsp3) is 0.667. The molecule has 1 N–H and O–H groups in total. The number of aromatic nitrogens is 1. The minimum atomic E-state index is -0.212. The smallest absolute Gasteiger partial charge is 0.0807 e. The van der Waals surface area contributed by atoms with Gasteiger partial charge in [0.2, 0.25) is 0 Å². The third-order valence-corrected chi connectivity index (χ3v) is 3.74. The molecule has 2 nitrogen and oxygen atoms in total. The van der Waals surface area contributed by atoms with Crippen molar-refractivity contribution in [1.29, 1.82) is 0 Å². The van der Waals surface area contributed by atoms with Gasteiger partial charge in [0.25, 0.3) is 0 Å². The highest BCUT2D eigenvalue weighted by Gasteiger charge is 2.19. The number of hydrogen-bond acceptors (Lipinski definition) is 2. The summed E-state index contributed by atoms with van der Waals surface area (Å²) in [6.07, 6.45) is 10.7. The molecule has 0 bridgehead atoms. The molecule has 1 unspecified atom stereocenters. The van der Waals surface area contributed by atoms with E-state index in [4.69, 9.17) is 0 Å². The SMILES string of the molecule is CSCCCn1cc2c(c1)C(O)CCC2. The minimum absolute atomic E-state index is 0.212. The third-order valence-electron chi connectivity index (χ3n) is 3.04. The number of hydrogen-bond donors (Lipinski definition) is 1. The first kappa shape index (κ1) is 11.1. The van der Waals surface area contributed by atoms with E-state index in [-0.39, 0.29) is 6.10 Å². The van der Waals surface area contributed by atoms with E-state index in [1.165, 1.54) is 23.3 Å². The molecule has 1 aromatic heterocycles. The molecular formula is C12H19NOS. The van der Waals surface area contributed by atoms with Crippen LogP contribution in [0.1, 0.15) is 36.5 Å². The van der Waals surface area contributed by atoms with E-state index in [0.717, 1.165) is 25.8 Å². The van der Waals surface area contributed by atoms with Crippen molar-refractivity contribution in [3.05, 3.63) is 23.5 Å². The Morgan fingerprint density at radius 2 is 2.40 bits per heavy atom. The maximum atomic E-state index is 9.83. The second-order valence-corrected chi connectivity index (χ2v) is 5.22. The van der Waals surface area contributed by atoms with Gasteiger partial charge in [0.1, 0.15) is 0 Å². The summed E-state index contributed by atoms with van der Waals surface area (Å²) in [5.74, 6) is 1.21. The van der Waals surface area contributed by atoms with Crippen molar-refractivity contribution in [3.8, 4) is 0 Å². The van der Waals surface area contributed by atoms with Gasteiger partial charge in [0.15, 0.2) is 0 Å². The van der Waals surface area contributed by atoms with E-state index in [0.29, 0.717) is 0 Å². The molecule has 0 aromatic carbocycles. The zero-order valence-electron chi connectivity index (χ0n) is 9.28. The molecule has 3 heteroatoms. The Morgan fingerprint density at radius 3 is 3.13 bits per heavy atom. The molecule has 1 aliphatic rings. The molecule has 0 saturated heterocycles. The quantitative estimate of drug-likeness (QED) is 0.797. The number of nitrogens with zero attached hydrogens (tertiary/aromatic N) is 1. The molecule has 2 rings (SSSR count). The van der Waals surface area contributed by atoms with Crippen LogP contribution in [0.5, 0.6) is 0 Å². The summed E-state index contributed by atoms with van der Waals surface area (Å²) in [5.41, 5.74) is 2.53. The van der Waals surface area contributed by atoms with Gasteiger partial charge in [-0.2, -0.15) is 11.8 Å². The highest BCUT2D eigenvalue weighted by molar-refractivity contribution is 7.98. The Hall–Kier alpha value is -0.410. The van der Waals surface area contributed by atoms with Crippen LogP contribution in [0.3, 0.4) is 0 Å². The molecule has 15 heavy (non-hydrogen) atoms. The minimum Gasteiger partial charge on any atom is -0.388 e. The van der Waals surface area contributed by atoms with Crippen LogP contribution >= 0.6 is 11.8 Å². The maximum absolute atomic E-state index is 9.83. The van der Waals surface area contributed by atoms with Gasteiger partial charge in [-0.05, 0) is 43.3 Å². The molecule has 1 aliphatic carbocycles. The van der Waals surface area contributed by atoms with Crippen molar-refractivity contribution in [2.24, 2.45) is 0 Å². The first-order valence-electron chi connectivity index (χ1n) is 5.67. The van der Waals surface area contributed by atoms with Crippen LogP contribution in [0.15, 0.2) is 12.4 Å². The first-order chi connectivity index (χ1) is 7.31. The van der Waals surface area contributed by atoms with E-state index in [2.05, 4.69) is 23.2 Å². The van der Waals surface area contributed by atoms with E-state index < -0.39 is 0 Å². The van der Waals surface area contributed by atoms with Gasteiger partial charge >= 0.3 is 0 Å². The van der Waals surface area contributed by atoms with E-state index >= 15 is 0 Å². The summed E-state index contributed by atoms with van der Waals surface area (Å²) in [4.78, 5) is 0. The van der Waals surface area contributed by atoms with Crippen LogP contribution in [-0.2, 0) is 13.0 Å². The van der Waals surface area contributed by atoms with Crippen LogP contribution in [-0.4, -0.2) is 21.7 Å². The summed E-state index contributed by atoms with van der Waals surface area (Å²) in [6.45, 7) is 1.08. The second kappa shape index (κ2) is 5.08. The van der Waals surface area contributed by atoms with Gasteiger partial charge in [0.05, 0.1) is 6.10 Å². The number of aryl methyl sites for hydroxylation is 2. The number of aliphatic hydroxyl groups excluding tert-OH is 1. The lowest BCUT2D eigenvalue weighted by atomic mass is 9.93. The Kier molecular flexibility index (Phi) is 3.76. The maximum Gasteiger partial charge on any atom is 0.0807 e. The molecule has 1 atom stereocenters. The van der Waals surface area contributed by atoms with Crippen molar-refractivity contribution < 1.29 is 5.11 Å². The summed E-state index contributed by atoms with van der Waals surface area (Å²) in [5, 5.41) is 9.83. The zero-order chi connectivity index (χ0) is 10.7. The lowest BCUT2D eigenvalue weighted by Crippen LogP contribution is -2.05. The molecule has 0 saturated carbocycles. The Morgan fingerprint density at radius 1 is 1.53 bits per heavy atom. The van der Waals surface area contributed by atoms with Gasteiger partial charge in [-0.3, -0.25) is 0 Å². The van der Waals surface area contributed by atoms with Gasteiger partial charge in [0, 0.05) is 24.5 Å². The van der Waals surface area contributed by atoms with E-state index in [9.17, 15) is 5.11 Å². The Balaban J connectivity index is 2.01. The normalized spacial score (nSPS) is 20.3. The van der Waals surface area contributed by atoms with Crippen molar-refractivity contribution in [2.45, 2.75) is 38.3 Å². The van der Waals surface area contributed by atoms with Crippen LogP contribution < -0.4 is 0 Å². The molecule has 1 aromatic rings. The highest BCUT2D eigenvalue weighted by Crippen LogP contribution is 2.30.